The summed E-state index contributed by atoms with van der Waals surface area (Å²) in [5.41, 5.74) is -2.66. The van der Waals surface area contributed by atoms with E-state index in [0.717, 1.165) is 46.9 Å². The van der Waals surface area contributed by atoms with Crippen molar-refractivity contribution in [3.8, 4) is 5.75 Å². The summed E-state index contributed by atoms with van der Waals surface area (Å²) in [4.78, 5) is 3.63. The fourth-order valence-corrected chi connectivity index (χ4v) is 3.56. The number of nitrogens with zero attached hydrogens (tertiary/aromatic N) is 4. The van der Waals surface area contributed by atoms with Crippen LogP contribution in [0.25, 0.3) is 0 Å². The average molecular weight is 511 g/mol. The van der Waals surface area contributed by atoms with Gasteiger partial charge in [-0.05, 0) is 30.3 Å². The average Bonchev–Trinajstić information content (AvgIpc) is 3.22. The molecular formula is C23H19F6N5O2. The highest BCUT2D eigenvalue weighted by molar-refractivity contribution is 5.55. The quantitative estimate of drug-likeness (QED) is 0.449. The van der Waals surface area contributed by atoms with Gasteiger partial charge in [0.1, 0.15) is 47.7 Å². The zero-order chi connectivity index (χ0) is 26.1. The Labute approximate surface area is 201 Å². The van der Waals surface area contributed by atoms with Gasteiger partial charge in [0.2, 0.25) is 0 Å². The van der Waals surface area contributed by atoms with Crippen molar-refractivity contribution in [2.75, 3.05) is 13.6 Å². The first kappa shape index (κ1) is 25.3. The van der Waals surface area contributed by atoms with Crippen LogP contribution in [0.3, 0.4) is 0 Å². The maximum absolute atomic E-state index is 15.9. The second-order valence-electron chi connectivity index (χ2n) is 7.94. The summed E-state index contributed by atoms with van der Waals surface area (Å²) < 4.78 is 92.4. The molecule has 3 aromatic rings. The van der Waals surface area contributed by atoms with E-state index in [4.69, 9.17) is 4.74 Å². The van der Waals surface area contributed by atoms with E-state index in [-0.39, 0.29) is 11.3 Å². The fraction of sp³-hybridized carbons (Fsp3) is 0.217. The number of ether oxygens (including phenoxy) is 1. The summed E-state index contributed by atoms with van der Waals surface area (Å²) >= 11 is 0. The van der Waals surface area contributed by atoms with Gasteiger partial charge in [-0.15, -0.1) is 10.6 Å². The van der Waals surface area contributed by atoms with Crippen LogP contribution in [0.15, 0.2) is 59.8 Å². The Morgan fingerprint density at radius 2 is 1.67 bits per heavy atom. The Hall–Kier alpha value is -3.84. The number of aliphatic hydroxyl groups is 1. The molecule has 0 amide bonds. The van der Waals surface area contributed by atoms with Gasteiger partial charge in [0.05, 0.1) is 6.54 Å². The van der Waals surface area contributed by atoms with Crippen molar-refractivity contribution in [3.05, 3.63) is 94.8 Å². The third-order valence-electron chi connectivity index (χ3n) is 5.40. The van der Waals surface area contributed by atoms with Crippen LogP contribution in [0.2, 0.25) is 0 Å². The number of aromatic nitrogens is 1. The zero-order valence-corrected chi connectivity index (χ0v) is 18.6. The summed E-state index contributed by atoms with van der Waals surface area (Å²) in [7, 11) is 1.46. The standard InChI is InChI=1S/C23H19F6N5O2/c1-33-31-13-34(32-33)12-22(35,18-5-4-16(25)9-20(18)27)23(28,29)21-10-17(6-7-30-21)36-11-14-2-3-15(24)8-19(14)26/h2-10,13,32,35H,11-12H2,1H3. The number of benzene rings is 2. The SMILES string of the molecule is CN1N=CN(CC(O)(c2ccc(F)cc2F)C(F)(F)c2cc(OCc3ccc(F)cc3F)ccn2)N1. The number of nitrogens with one attached hydrogen (secondary N) is 1. The van der Waals surface area contributed by atoms with Gasteiger partial charge < -0.3 is 9.84 Å². The number of hydrazone groups is 1. The van der Waals surface area contributed by atoms with Gasteiger partial charge in [-0.2, -0.15) is 8.78 Å². The lowest BCUT2D eigenvalue weighted by atomic mass is 9.84. The van der Waals surface area contributed by atoms with Crippen molar-refractivity contribution in [1.29, 1.82) is 0 Å². The smallest absolute Gasteiger partial charge is 0.323 e. The largest absolute Gasteiger partial charge is 0.489 e. The molecule has 2 heterocycles. The van der Waals surface area contributed by atoms with Crippen LogP contribution in [0.1, 0.15) is 16.8 Å². The van der Waals surface area contributed by atoms with Crippen LogP contribution >= 0.6 is 0 Å². The van der Waals surface area contributed by atoms with E-state index >= 15 is 8.78 Å². The van der Waals surface area contributed by atoms with Crippen molar-refractivity contribution in [2.24, 2.45) is 5.10 Å². The Morgan fingerprint density at radius 1 is 0.972 bits per heavy atom. The van der Waals surface area contributed by atoms with Gasteiger partial charge >= 0.3 is 5.92 Å². The molecule has 36 heavy (non-hydrogen) atoms. The molecule has 1 aliphatic heterocycles. The summed E-state index contributed by atoms with van der Waals surface area (Å²) in [5, 5.41) is 17.2. The van der Waals surface area contributed by atoms with E-state index in [1.54, 1.807) is 0 Å². The maximum atomic E-state index is 15.9. The normalized spacial score (nSPS) is 15.3. The molecule has 1 unspecified atom stereocenters. The van der Waals surface area contributed by atoms with Crippen LogP contribution in [0, 0.1) is 23.3 Å². The maximum Gasteiger partial charge on any atom is 0.323 e. The lowest BCUT2D eigenvalue weighted by Crippen LogP contribution is -2.55. The van der Waals surface area contributed by atoms with Gasteiger partial charge in [0.25, 0.3) is 0 Å². The number of alkyl halides is 2. The van der Waals surface area contributed by atoms with E-state index in [1.807, 2.05) is 0 Å². The Bertz CT molecular complexity index is 1290. The Kier molecular flexibility index (Phi) is 6.78. The number of hydrogen-bond donors (Lipinski definition) is 2. The van der Waals surface area contributed by atoms with Gasteiger partial charge in [-0.3, -0.25) is 9.99 Å². The van der Waals surface area contributed by atoms with Crippen LogP contribution in [0.5, 0.6) is 5.75 Å². The molecule has 4 rings (SSSR count). The summed E-state index contributed by atoms with van der Waals surface area (Å²) in [5.74, 6) is -8.54. The van der Waals surface area contributed by atoms with Gasteiger partial charge in [-0.1, -0.05) is 0 Å². The fourth-order valence-electron chi connectivity index (χ4n) is 3.56. The van der Waals surface area contributed by atoms with Crippen molar-refractivity contribution in [2.45, 2.75) is 18.1 Å². The summed E-state index contributed by atoms with van der Waals surface area (Å²) in [6.45, 7) is -1.34. The van der Waals surface area contributed by atoms with Crippen LogP contribution in [0.4, 0.5) is 26.3 Å². The first-order valence-electron chi connectivity index (χ1n) is 10.4. The number of β-amino-alcohol motifs (C(OH)–C–C–N with tert-alkyl or cyclic N) is 1. The molecule has 7 nitrogen and oxygen atoms in total. The van der Waals surface area contributed by atoms with E-state index in [1.165, 1.54) is 13.1 Å². The molecule has 190 valence electrons. The lowest BCUT2D eigenvalue weighted by Gasteiger charge is -2.38. The number of pyridine rings is 1. The highest BCUT2D eigenvalue weighted by Gasteiger charge is 2.58. The topological polar surface area (TPSA) is 73.2 Å². The monoisotopic (exact) mass is 511 g/mol. The van der Waals surface area contributed by atoms with Crippen LogP contribution < -0.4 is 10.3 Å². The molecule has 0 radical (unpaired) electrons. The van der Waals surface area contributed by atoms with Crippen LogP contribution in [-0.2, 0) is 18.1 Å². The van der Waals surface area contributed by atoms with E-state index in [9.17, 15) is 22.7 Å². The number of hydrazine groups is 2. The minimum Gasteiger partial charge on any atom is -0.489 e. The van der Waals surface area contributed by atoms with Crippen molar-refractivity contribution in [3.63, 3.8) is 0 Å². The third-order valence-corrected chi connectivity index (χ3v) is 5.40. The van der Waals surface area contributed by atoms with Crippen molar-refractivity contribution < 1.29 is 36.2 Å². The molecule has 2 aromatic carbocycles. The molecule has 2 N–H and O–H groups in total. The zero-order valence-electron chi connectivity index (χ0n) is 18.6. The minimum absolute atomic E-state index is 0.0325. The highest BCUT2D eigenvalue weighted by atomic mass is 19.3. The van der Waals surface area contributed by atoms with E-state index < -0.39 is 59.2 Å². The molecule has 13 heteroatoms. The molecule has 0 saturated carbocycles. The molecule has 0 spiro atoms. The summed E-state index contributed by atoms with van der Waals surface area (Å²) in [6.07, 6.45) is 2.05. The van der Waals surface area contributed by atoms with E-state index in [0.29, 0.717) is 18.2 Å². The first-order valence-corrected chi connectivity index (χ1v) is 10.4. The number of hydrogen-bond acceptors (Lipinski definition) is 7. The summed E-state index contributed by atoms with van der Waals surface area (Å²) in [6, 6.07) is 6.63. The minimum atomic E-state index is -4.26. The second-order valence-corrected chi connectivity index (χ2v) is 7.94. The molecular weight excluding hydrogens is 492 g/mol. The molecule has 0 bridgehead atoms. The number of halogens is 6. The van der Waals surface area contributed by atoms with Crippen molar-refractivity contribution >= 4 is 6.34 Å². The Morgan fingerprint density at radius 3 is 2.31 bits per heavy atom. The molecule has 1 aromatic heterocycles. The van der Waals surface area contributed by atoms with Gasteiger partial charge in [0.15, 0.2) is 5.60 Å². The van der Waals surface area contributed by atoms with Gasteiger partial charge in [0, 0.05) is 42.6 Å². The first-order chi connectivity index (χ1) is 17.0. The number of rotatable bonds is 8. The highest BCUT2D eigenvalue weighted by Crippen LogP contribution is 2.46. The van der Waals surface area contributed by atoms with Crippen LogP contribution in [-0.4, -0.2) is 40.1 Å². The second kappa shape index (κ2) is 9.66. The third kappa shape index (κ3) is 4.93. The lowest BCUT2D eigenvalue weighted by molar-refractivity contribution is -0.207. The molecule has 0 fully saturated rings. The Balaban J connectivity index is 1.68. The van der Waals surface area contributed by atoms with Gasteiger partial charge in [-0.25, -0.2) is 22.7 Å². The molecule has 0 aliphatic carbocycles. The van der Waals surface area contributed by atoms with E-state index in [2.05, 4.69) is 15.6 Å². The molecule has 1 atom stereocenters. The predicted octanol–water partition coefficient (Wildman–Crippen LogP) is 3.81. The molecule has 0 saturated heterocycles. The predicted molar refractivity (Wildman–Crippen MR) is 115 cm³/mol. The molecule has 1 aliphatic rings. The van der Waals surface area contributed by atoms with Crippen molar-refractivity contribution in [1.82, 2.24) is 20.6 Å².